The molecule has 0 saturated heterocycles. The number of carbonyl (C=O) groups excluding carboxylic acids is 1. The van der Waals surface area contributed by atoms with Crippen LogP contribution in [0.25, 0.3) is 0 Å². The Morgan fingerprint density at radius 1 is 1.36 bits per heavy atom. The van der Waals surface area contributed by atoms with Gasteiger partial charge in [0.1, 0.15) is 10.6 Å². The third-order valence-corrected chi connectivity index (χ3v) is 4.14. The van der Waals surface area contributed by atoms with Gasteiger partial charge in [0.25, 0.3) is 10.0 Å². The summed E-state index contributed by atoms with van der Waals surface area (Å²) in [4.78, 5) is 11.7. The van der Waals surface area contributed by atoms with Crippen molar-refractivity contribution in [3.8, 4) is 5.75 Å². The van der Waals surface area contributed by atoms with Crippen LogP contribution in [0.1, 0.15) is 13.3 Å². The van der Waals surface area contributed by atoms with Gasteiger partial charge in [0.15, 0.2) is 0 Å². The molecule has 2 aromatic rings. The van der Waals surface area contributed by atoms with Crippen molar-refractivity contribution in [2.24, 2.45) is 0 Å². The number of hydrogen-bond acceptors (Lipinski definition) is 6. The summed E-state index contributed by atoms with van der Waals surface area (Å²) in [6.07, 6.45) is 3.04. The van der Waals surface area contributed by atoms with Crippen molar-refractivity contribution >= 4 is 15.9 Å². The largest absolute Gasteiger partial charge is 0.492 e. The van der Waals surface area contributed by atoms with Gasteiger partial charge in [-0.3, -0.25) is 9.48 Å². The summed E-state index contributed by atoms with van der Waals surface area (Å²) in [5, 5.41) is 7.30. The Bertz CT molecular complexity index is 728. The predicted octanol–water partition coefficient (Wildman–Crippen LogP) is 0.572. The first kappa shape index (κ1) is 16.0. The van der Waals surface area contributed by atoms with Crippen LogP contribution in [0.5, 0.6) is 5.75 Å². The molecule has 2 rings (SSSR count). The molecule has 1 heterocycles. The van der Waals surface area contributed by atoms with Gasteiger partial charge >= 0.3 is 0 Å². The minimum absolute atomic E-state index is 0.0284. The Morgan fingerprint density at radius 2 is 2.14 bits per heavy atom. The highest BCUT2D eigenvalue weighted by Crippen LogP contribution is 2.23. The molecule has 1 aromatic heterocycles. The lowest BCUT2D eigenvalue weighted by Gasteiger charge is -2.11. The standard InChI is InChI=1S/C13H16N4O4S/c1-2-21-11-5-3-4-6-12(11)22(19,20)15-13(18)7-9-17-10-8-14-16-17/h3-6,8,10H,2,7,9H2,1H3,(H,15,18). The fourth-order valence-corrected chi connectivity index (χ4v) is 2.93. The van der Waals surface area contributed by atoms with E-state index in [1.165, 1.54) is 23.0 Å². The molecule has 0 spiro atoms. The van der Waals surface area contributed by atoms with Crippen molar-refractivity contribution < 1.29 is 17.9 Å². The molecule has 0 saturated carbocycles. The van der Waals surface area contributed by atoms with E-state index in [2.05, 4.69) is 10.3 Å². The third kappa shape index (κ3) is 4.04. The molecule has 1 aromatic carbocycles. The molecule has 0 bridgehead atoms. The summed E-state index contributed by atoms with van der Waals surface area (Å²) >= 11 is 0. The van der Waals surface area contributed by atoms with E-state index in [0.717, 1.165) is 0 Å². The Kier molecular flexibility index (Phi) is 5.10. The molecule has 0 unspecified atom stereocenters. The maximum Gasteiger partial charge on any atom is 0.267 e. The van der Waals surface area contributed by atoms with E-state index in [1.54, 1.807) is 25.3 Å². The number of carbonyl (C=O) groups is 1. The summed E-state index contributed by atoms with van der Waals surface area (Å²) in [6.45, 7) is 2.32. The summed E-state index contributed by atoms with van der Waals surface area (Å²) in [5.74, 6) is -0.414. The van der Waals surface area contributed by atoms with Crippen LogP contribution in [0.4, 0.5) is 0 Å². The quantitative estimate of drug-likeness (QED) is 0.799. The Morgan fingerprint density at radius 3 is 2.82 bits per heavy atom. The zero-order chi connectivity index (χ0) is 16.0. The molecular weight excluding hydrogens is 308 g/mol. The van der Waals surface area contributed by atoms with Gasteiger partial charge in [0.05, 0.1) is 19.3 Å². The zero-order valence-corrected chi connectivity index (χ0v) is 12.8. The van der Waals surface area contributed by atoms with Gasteiger partial charge in [-0.15, -0.1) is 5.10 Å². The van der Waals surface area contributed by atoms with Gasteiger partial charge in [-0.05, 0) is 19.1 Å². The van der Waals surface area contributed by atoms with Crippen LogP contribution >= 0.6 is 0 Å². The Balaban J connectivity index is 2.05. The van der Waals surface area contributed by atoms with Crippen molar-refractivity contribution in [3.05, 3.63) is 36.7 Å². The minimum Gasteiger partial charge on any atom is -0.492 e. The molecule has 22 heavy (non-hydrogen) atoms. The second-order valence-corrected chi connectivity index (χ2v) is 5.98. The average Bonchev–Trinajstić information content (AvgIpc) is 2.99. The number of aryl methyl sites for hydroxylation is 1. The van der Waals surface area contributed by atoms with Crippen LogP contribution in [0.3, 0.4) is 0 Å². The van der Waals surface area contributed by atoms with Crippen LogP contribution in [-0.4, -0.2) is 35.9 Å². The Hall–Kier alpha value is -2.42. The van der Waals surface area contributed by atoms with E-state index in [4.69, 9.17) is 4.74 Å². The normalized spacial score (nSPS) is 11.1. The number of amides is 1. The van der Waals surface area contributed by atoms with E-state index < -0.39 is 15.9 Å². The summed E-state index contributed by atoms with van der Waals surface area (Å²) in [5.41, 5.74) is 0. The lowest BCUT2D eigenvalue weighted by molar-refractivity contribution is -0.119. The van der Waals surface area contributed by atoms with Gasteiger partial charge in [-0.25, -0.2) is 13.1 Å². The first-order chi connectivity index (χ1) is 10.5. The number of benzene rings is 1. The Labute approximate surface area is 128 Å². The van der Waals surface area contributed by atoms with Crippen molar-refractivity contribution in [3.63, 3.8) is 0 Å². The van der Waals surface area contributed by atoms with E-state index >= 15 is 0 Å². The van der Waals surface area contributed by atoms with Crippen molar-refractivity contribution in [2.45, 2.75) is 24.8 Å². The molecule has 0 radical (unpaired) electrons. The maximum absolute atomic E-state index is 12.3. The highest BCUT2D eigenvalue weighted by atomic mass is 32.2. The SMILES string of the molecule is CCOc1ccccc1S(=O)(=O)NC(=O)CCn1ccnn1. The van der Waals surface area contributed by atoms with Crippen LogP contribution < -0.4 is 9.46 Å². The van der Waals surface area contributed by atoms with Gasteiger partial charge in [0, 0.05) is 12.6 Å². The molecule has 0 fully saturated rings. The van der Waals surface area contributed by atoms with Gasteiger partial charge < -0.3 is 4.74 Å². The van der Waals surface area contributed by atoms with Crippen LogP contribution in [0.15, 0.2) is 41.6 Å². The van der Waals surface area contributed by atoms with Crippen LogP contribution in [0, 0.1) is 0 Å². The number of sulfonamides is 1. The van der Waals surface area contributed by atoms with Crippen molar-refractivity contribution in [2.75, 3.05) is 6.61 Å². The van der Waals surface area contributed by atoms with E-state index in [0.29, 0.717) is 6.61 Å². The monoisotopic (exact) mass is 324 g/mol. The molecule has 1 amide bonds. The zero-order valence-electron chi connectivity index (χ0n) is 12.0. The van der Waals surface area contributed by atoms with Gasteiger partial charge in [0.2, 0.25) is 5.91 Å². The topological polar surface area (TPSA) is 103 Å². The molecule has 0 aliphatic rings. The second kappa shape index (κ2) is 7.03. The lowest BCUT2D eigenvalue weighted by atomic mass is 10.3. The molecule has 9 heteroatoms. The predicted molar refractivity (Wildman–Crippen MR) is 77.6 cm³/mol. The van der Waals surface area contributed by atoms with Crippen LogP contribution in [0.2, 0.25) is 0 Å². The molecular formula is C13H16N4O4S. The first-order valence-corrected chi connectivity index (χ1v) is 8.13. The number of aromatic nitrogens is 3. The highest BCUT2D eigenvalue weighted by Gasteiger charge is 2.21. The molecule has 118 valence electrons. The fourth-order valence-electron chi connectivity index (χ4n) is 1.77. The number of nitrogens with zero attached hydrogens (tertiary/aromatic N) is 3. The van der Waals surface area contributed by atoms with E-state index in [1.807, 2.05) is 4.72 Å². The van der Waals surface area contributed by atoms with Crippen LogP contribution in [-0.2, 0) is 21.4 Å². The molecule has 8 nitrogen and oxygen atoms in total. The average molecular weight is 324 g/mol. The number of para-hydroxylation sites is 1. The van der Waals surface area contributed by atoms with Gasteiger partial charge in [-0.2, -0.15) is 0 Å². The molecule has 1 N–H and O–H groups in total. The number of nitrogens with one attached hydrogen (secondary N) is 1. The third-order valence-electron chi connectivity index (χ3n) is 2.73. The number of hydrogen-bond donors (Lipinski definition) is 1. The maximum atomic E-state index is 12.3. The summed E-state index contributed by atoms with van der Waals surface area (Å²) in [7, 11) is -3.97. The summed E-state index contributed by atoms with van der Waals surface area (Å²) < 4.78 is 33.2. The number of rotatable bonds is 7. The fraction of sp³-hybridized carbons (Fsp3) is 0.308. The van der Waals surface area contributed by atoms with E-state index in [-0.39, 0.29) is 23.6 Å². The molecule has 0 aliphatic carbocycles. The van der Waals surface area contributed by atoms with Crippen molar-refractivity contribution in [1.82, 2.24) is 19.7 Å². The first-order valence-electron chi connectivity index (χ1n) is 6.64. The second-order valence-electron chi connectivity index (χ2n) is 4.32. The number of ether oxygens (including phenoxy) is 1. The molecule has 0 atom stereocenters. The smallest absolute Gasteiger partial charge is 0.267 e. The molecule has 0 aliphatic heterocycles. The minimum atomic E-state index is -3.97. The highest BCUT2D eigenvalue weighted by molar-refractivity contribution is 7.90. The van der Waals surface area contributed by atoms with Gasteiger partial charge in [-0.1, -0.05) is 17.3 Å². The van der Waals surface area contributed by atoms with E-state index in [9.17, 15) is 13.2 Å². The lowest BCUT2D eigenvalue weighted by Crippen LogP contribution is -2.31. The van der Waals surface area contributed by atoms with Crippen molar-refractivity contribution in [1.29, 1.82) is 0 Å². The summed E-state index contributed by atoms with van der Waals surface area (Å²) in [6, 6.07) is 6.16.